The van der Waals surface area contributed by atoms with E-state index in [0.29, 0.717) is 6.54 Å². The van der Waals surface area contributed by atoms with Crippen molar-refractivity contribution < 1.29 is 9.59 Å². The average Bonchev–Trinajstić information content (AvgIpc) is 2.58. The minimum Gasteiger partial charge on any atom is -0.350 e. The number of aromatic nitrogens is 1. The van der Waals surface area contributed by atoms with Crippen LogP contribution in [0.1, 0.15) is 11.1 Å². The quantitative estimate of drug-likeness (QED) is 0.794. The summed E-state index contributed by atoms with van der Waals surface area (Å²) in [5, 5.41) is 5.27. The maximum Gasteiger partial charge on any atom is 0.244 e. The third kappa shape index (κ3) is 5.58. The fraction of sp³-hybridized carbons (Fsp3) is 0.118. The lowest BCUT2D eigenvalue weighted by atomic mass is 10.2. The van der Waals surface area contributed by atoms with E-state index in [4.69, 9.17) is 0 Å². The van der Waals surface area contributed by atoms with Crippen molar-refractivity contribution in [1.29, 1.82) is 0 Å². The number of pyridine rings is 1. The molecule has 5 nitrogen and oxygen atoms in total. The van der Waals surface area contributed by atoms with E-state index in [1.165, 1.54) is 6.08 Å². The molecule has 2 rings (SSSR count). The molecule has 1 heterocycles. The van der Waals surface area contributed by atoms with E-state index in [-0.39, 0.29) is 18.4 Å². The van der Waals surface area contributed by atoms with E-state index in [0.717, 1.165) is 11.1 Å². The predicted octanol–water partition coefficient (Wildman–Crippen LogP) is 1.53. The minimum atomic E-state index is -0.321. The molecular weight excluding hydrogens is 278 g/mol. The Hall–Kier alpha value is -2.95. The molecule has 0 radical (unpaired) electrons. The summed E-state index contributed by atoms with van der Waals surface area (Å²) in [4.78, 5) is 27.2. The standard InChI is InChI=1S/C17H17N3O2/c21-16(9-8-15-7-4-10-18-11-15)20-13-17(22)19-12-14-5-2-1-3-6-14/h1-11H,12-13H2,(H,19,22)(H,20,21)/b9-8+. The van der Waals surface area contributed by atoms with Gasteiger partial charge in [0, 0.05) is 25.0 Å². The van der Waals surface area contributed by atoms with Crippen LogP contribution < -0.4 is 10.6 Å². The van der Waals surface area contributed by atoms with Crippen LogP contribution in [0.4, 0.5) is 0 Å². The second-order valence-electron chi connectivity index (χ2n) is 4.60. The molecular formula is C17H17N3O2. The number of carbonyl (C=O) groups excluding carboxylic acids is 2. The van der Waals surface area contributed by atoms with Gasteiger partial charge in [-0.25, -0.2) is 0 Å². The molecule has 0 aliphatic rings. The summed E-state index contributed by atoms with van der Waals surface area (Å²) >= 11 is 0. The lowest BCUT2D eigenvalue weighted by Crippen LogP contribution is -2.35. The van der Waals surface area contributed by atoms with Gasteiger partial charge < -0.3 is 10.6 Å². The number of nitrogens with zero attached hydrogens (tertiary/aromatic N) is 1. The number of hydrogen-bond acceptors (Lipinski definition) is 3. The number of hydrogen-bond donors (Lipinski definition) is 2. The zero-order chi connectivity index (χ0) is 15.6. The van der Waals surface area contributed by atoms with Crippen molar-refractivity contribution in [3.63, 3.8) is 0 Å². The lowest BCUT2D eigenvalue weighted by molar-refractivity contribution is -0.124. The van der Waals surface area contributed by atoms with Crippen molar-refractivity contribution in [1.82, 2.24) is 15.6 Å². The van der Waals surface area contributed by atoms with Crippen LogP contribution in [0.3, 0.4) is 0 Å². The van der Waals surface area contributed by atoms with E-state index >= 15 is 0 Å². The third-order valence-electron chi connectivity index (χ3n) is 2.87. The van der Waals surface area contributed by atoms with Crippen molar-refractivity contribution in [3.05, 3.63) is 72.1 Å². The summed E-state index contributed by atoms with van der Waals surface area (Å²) < 4.78 is 0. The first kappa shape index (κ1) is 15.4. The molecule has 112 valence electrons. The van der Waals surface area contributed by atoms with Crippen LogP contribution in [0, 0.1) is 0 Å². The zero-order valence-electron chi connectivity index (χ0n) is 12.0. The van der Waals surface area contributed by atoms with Crippen molar-refractivity contribution >= 4 is 17.9 Å². The molecule has 2 amide bonds. The van der Waals surface area contributed by atoms with E-state index in [9.17, 15) is 9.59 Å². The van der Waals surface area contributed by atoms with Crippen molar-refractivity contribution in [2.45, 2.75) is 6.54 Å². The number of nitrogens with one attached hydrogen (secondary N) is 2. The maximum absolute atomic E-state index is 11.6. The second-order valence-corrected chi connectivity index (χ2v) is 4.60. The van der Waals surface area contributed by atoms with Crippen LogP contribution >= 0.6 is 0 Å². The van der Waals surface area contributed by atoms with Crippen molar-refractivity contribution in [2.75, 3.05) is 6.54 Å². The molecule has 22 heavy (non-hydrogen) atoms. The number of benzene rings is 1. The molecule has 0 unspecified atom stereocenters. The van der Waals surface area contributed by atoms with E-state index in [2.05, 4.69) is 15.6 Å². The summed E-state index contributed by atoms with van der Waals surface area (Å²) in [7, 11) is 0. The molecule has 0 aliphatic heterocycles. The topological polar surface area (TPSA) is 71.1 Å². The molecule has 0 bridgehead atoms. The highest BCUT2D eigenvalue weighted by atomic mass is 16.2. The molecule has 5 heteroatoms. The van der Waals surface area contributed by atoms with Crippen molar-refractivity contribution in [3.8, 4) is 0 Å². The van der Waals surface area contributed by atoms with Gasteiger partial charge in [-0.2, -0.15) is 0 Å². The van der Waals surface area contributed by atoms with E-state index in [1.54, 1.807) is 24.5 Å². The second kappa shape index (κ2) is 8.36. The highest BCUT2D eigenvalue weighted by Crippen LogP contribution is 1.98. The first-order valence-corrected chi connectivity index (χ1v) is 6.90. The van der Waals surface area contributed by atoms with Crippen LogP contribution in [0.2, 0.25) is 0 Å². The van der Waals surface area contributed by atoms with Gasteiger partial charge in [-0.05, 0) is 23.3 Å². The monoisotopic (exact) mass is 295 g/mol. The van der Waals surface area contributed by atoms with Gasteiger partial charge >= 0.3 is 0 Å². The highest BCUT2D eigenvalue weighted by Gasteiger charge is 2.02. The fourth-order valence-corrected chi connectivity index (χ4v) is 1.73. The molecule has 0 saturated heterocycles. The number of carbonyl (C=O) groups is 2. The van der Waals surface area contributed by atoms with Gasteiger partial charge in [-0.3, -0.25) is 14.6 Å². The summed E-state index contributed by atoms with van der Waals surface area (Å²) in [5.41, 5.74) is 1.84. The predicted molar refractivity (Wildman–Crippen MR) is 84.6 cm³/mol. The highest BCUT2D eigenvalue weighted by molar-refractivity contribution is 5.94. The van der Waals surface area contributed by atoms with E-state index in [1.807, 2.05) is 36.4 Å². The summed E-state index contributed by atoms with van der Waals surface area (Å²) in [6.45, 7) is 0.393. The van der Waals surface area contributed by atoms with Gasteiger partial charge in [0.25, 0.3) is 0 Å². The molecule has 0 atom stereocenters. The molecule has 0 spiro atoms. The van der Waals surface area contributed by atoms with Gasteiger partial charge in [0.15, 0.2) is 0 Å². The Morgan fingerprint density at radius 3 is 2.59 bits per heavy atom. The summed E-state index contributed by atoms with van der Waals surface area (Å²) in [6.07, 6.45) is 6.33. The van der Waals surface area contributed by atoms with Crippen LogP contribution in [-0.2, 0) is 16.1 Å². The summed E-state index contributed by atoms with van der Waals surface area (Å²) in [5.74, 6) is -0.550. The van der Waals surface area contributed by atoms with Crippen LogP contribution in [0.5, 0.6) is 0 Å². The molecule has 0 saturated carbocycles. The van der Waals surface area contributed by atoms with Gasteiger partial charge in [0.1, 0.15) is 0 Å². The third-order valence-corrected chi connectivity index (χ3v) is 2.87. The minimum absolute atomic E-state index is 0.0525. The van der Waals surface area contributed by atoms with Crippen LogP contribution in [0.25, 0.3) is 6.08 Å². The Morgan fingerprint density at radius 1 is 1.05 bits per heavy atom. The first-order chi connectivity index (χ1) is 10.7. The number of amides is 2. The molecule has 0 aliphatic carbocycles. The Bertz CT molecular complexity index is 639. The van der Waals surface area contributed by atoms with Gasteiger partial charge in [-0.1, -0.05) is 36.4 Å². The Labute approximate surface area is 129 Å². The van der Waals surface area contributed by atoms with E-state index < -0.39 is 0 Å². The SMILES string of the molecule is O=C(/C=C/c1cccnc1)NCC(=O)NCc1ccccc1. The molecule has 0 fully saturated rings. The van der Waals surface area contributed by atoms with Crippen molar-refractivity contribution in [2.24, 2.45) is 0 Å². The molecule has 2 aromatic rings. The normalized spacial score (nSPS) is 10.4. The summed E-state index contributed by atoms with van der Waals surface area (Å²) in [6, 6.07) is 13.2. The molecule has 2 N–H and O–H groups in total. The van der Waals surface area contributed by atoms with Gasteiger partial charge in [-0.15, -0.1) is 0 Å². The van der Waals surface area contributed by atoms with Gasteiger partial charge in [0.05, 0.1) is 6.54 Å². The Morgan fingerprint density at radius 2 is 1.86 bits per heavy atom. The van der Waals surface area contributed by atoms with Crippen LogP contribution in [0.15, 0.2) is 60.9 Å². The molecule has 1 aromatic carbocycles. The zero-order valence-corrected chi connectivity index (χ0v) is 12.0. The maximum atomic E-state index is 11.6. The largest absolute Gasteiger partial charge is 0.350 e. The first-order valence-electron chi connectivity index (χ1n) is 6.90. The smallest absolute Gasteiger partial charge is 0.244 e. The van der Waals surface area contributed by atoms with Crippen LogP contribution in [-0.4, -0.2) is 23.3 Å². The van der Waals surface area contributed by atoms with Gasteiger partial charge in [0.2, 0.25) is 11.8 Å². The Kier molecular flexibility index (Phi) is 5.87. The average molecular weight is 295 g/mol. The molecule has 1 aromatic heterocycles. The fourth-order valence-electron chi connectivity index (χ4n) is 1.73. The number of rotatable bonds is 6. The lowest BCUT2D eigenvalue weighted by Gasteiger charge is -2.05. The Balaban J connectivity index is 1.69.